The van der Waals surface area contributed by atoms with E-state index in [-0.39, 0.29) is 5.91 Å². The molecule has 4 nitrogen and oxygen atoms in total. The summed E-state index contributed by atoms with van der Waals surface area (Å²) < 4.78 is 0. The van der Waals surface area contributed by atoms with Crippen LogP contribution in [-0.2, 0) is 11.2 Å². The van der Waals surface area contributed by atoms with Gasteiger partial charge < -0.3 is 5.73 Å². The Morgan fingerprint density at radius 2 is 2.29 bits per heavy atom. The number of carbonyl (C=O) groups excluding carboxylic acids is 1. The smallest absolute Gasteiger partial charge is 0.251 e. The molecule has 76 valence electrons. The van der Waals surface area contributed by atoms with E-state index in [1.807, 2.05) is 36.6 Å². The molecule has 0 aliphatic rings. The van der Waals surface area contributed by atoms with Gasteiger partial charge >= 0.3 is 0 Å². The van der Waals surface area contributed by atoms with Gasteiger partial charge in [-0.2, -0.15) is 0 Å². The van der Waals surface area contributed by atoms with Gasteiger partial charge in [0.1, 0.15) is 0 Å². The van der Waals surface area contributed by atoms with Gasteiger partial charge in [0.15, 0.2) is 0 Å². The summed E-state index contributed by atoms with van der Waals surface area (Å²) in [6, 6.07) is 7.30. The van der Waals surface area contributed by atoms with Gasteiger partial charge in [-0.3, -0.25) is 10.2 Å². The van der Waals surface area contributed by atoms with Crippen molar-refractivity contribution < 1.29 is 4.79 Å². The highest BCUT2D eigenvalue weighted by Crippen LogP contribution is 2.05. The number of amides is 1. The molecule has 0 fully saturated rings. The average molecular weight is 193 g/mol. The molecule has 0 heterocycles. The highest BCUT2D eigenvalue weighted by Gasteiger charge is 2.11. The van der Waals surface area contributed by atoms with E-state index in [2.05, 4.69) is 0 Å². The molecule has 14 heavy (non-hydrogen) atoms. The lowest BCUT2D eigenvalue weighted by Crippen LogP contribution is -2.45. The van der Waals surface area contributed by atoms with Gasteiger partial charge in [-0.25, -0.2) is 5.84 Å². The molecule has 1 unspecified atom stereocenters. The molecule has 5 N–H and O–H groups in total. The summed E-state index contributed by atoms with van der Waals surface area (Å²) in [4.78, 5) is 11.0. The Labute approximate surface area is 83.3 Å². The number of aryl methyl sites for hydroxylation is 1. The molecular weight excluding hydrogens is 178 g/mol. The fourth-order valence-corrected chi connectivity index (χ4v) is 1.29. The van der Waals surface area contributed by atoms with Gasteiger partial charge in [0.2, 0.25) is 0 Å². The molecule has 0 saturated carbocycles. The Bertz CT molecular complexity index is 325. The third kappa shape index (κ3) is 2.83. The average Bonchev–Trinajstić information content (AvgIpc) is 2.16. The van der Waals surface area contributed by atoms with Crippen molar-refractivity contribution in [2.24, 2.45) is 11.6 Å². The molecule has 1 aromatic carbocycles. The molecular formula is C10H15N3O. The van der Waals surface area contributed by atoms with Crippen molar-refractivity contribution in [3.63, 3.8) is 0 Å². The van der Waals surface area contributed by atoms with E-state index in [0.29, 0.717) is 6.42 Å². The van der Waals surface area contributed by atoms with Crippen LogP contribution in [0.4, 0.5) is 0 Å². The molecule has 0 aliphatic carbocycles. The van der Waals surface area contributed by atoms with Crippen molar-refractivity contribution in [2.45, 2.75) is 19.4 Å². The minimum Gasteiger partial charge on any atom is -0.320 e. The highest BCUT2D eigenvalue weighted by molar-refractivity contribution is 5.81. The maximum absolute atomic E-state index is 11.0. The number of nitrogens with two attached hydrogens (primary N) is 2. The largest absolute Gasteiger partial charge is 0.320 e. The first-order valence-electron chi connectivity index (χ1n) is 4.45. The van der Waals surface area contributed by atoms with E-state index in [1.165, 1.54) is 0 Å². The van der Waals surface area contributed by atoms with Crippen LogP contribution in [0.3, 0.4) is 0 Å². The normalized spacial score (nSPS) is 12.2. The molecule has 4 heteroatoms. The lowest BCUT2D eigenvalue weighted by Gasteiger charge is -2.09. The Balaban J connectivity index is 2.64. The molecule has 0 spiro atoms. The highest BCUT2D eigenvalue weighted by atomic mass is 16.2. The predicted octanol–water partition coefficient (Wildman–Crippen LogP) is -0.145. The summed E-state index contributed by atoms with van der Waals surface area (Å²) >= 11 is 0. The fourth-order valence-electron chi connectivity index (χ4n) is 1.29. The molecule has 1 rings (SSSR count). The van der Waals surface area contributed by atoms with E-state index in [9.17, 15) is 4.79 Å². The second-order valence-electron chi connectivity index (χ2n) is 3.31. The van der Waals surface area contributed by atoms with Crippen LogP contribution in [0.2, 0.25) is 0 Å². The van der Waals surface area contributed by atoms with Crippen molar-refractivity contribution in [3.05, 3.63) is 35.4 Å². The monoisotopic (exact) mass is 193 g/mol. The maximum atomic E-state index is 11.0. The van der Waals surface area contributed by atoms with Crippen LogP contribution in [-0.4, -0.2) is 11.9 Å². The van der Waals surface area contributed by atoms with E-state index >= 15 is 0 Å². The van der Waals surface area contributed by atoms with Crippen molar-refractivity contribution in [3.8, 4) is 0 Å². The number of carbonyl (C=O) groups is 1. The summed E-state index contributed by atoms with van der Waals surface area (Å²) in [6.45, 7) is 2.00. The summed E-state index contributed by atoms with van der Waals surface area (Å²) in [7, 11) is 0. The molecule has 1 atom stereocenters. The first-order valence-corrected chi connectivity index (χ1v) is 4.45. The number of hydrogen-bond acceptors (Lipinski definition) is 3. The third-order valence-corrected chi connectivity index (χ3v) is 2.02. The Morgan fingerprint density at radius 1 is 1.57 bits per heavy atom. The molecule has 0 bridgehead atoms. The topological polar surface area (TPSA) is 81.1 Å². The summed E-state index contributed by atoms with van der Waals surface area (Å²) in [6.07, 6.45) is 0.505. The maximum Gasteiger partial charge on any atom is 0.251 e. The number of benzene rings is 1. The Morgan fingerprint density at radius 3 is 2.86 bits per heavy atom. The van der Waals surface area contributed by atoms with Crippen LogP contribution < -0.4 is 17.0 Å². The van der Waals surface area contributed by atoms with Crippen molar-refractivity contribution in [1.29, 1.82) is 0 Å². The van der Waals surface area contributed by atoms with Crippen LogP contribution in [0, 0.1) is 6.92 Å². The zero-order valence-corrected chi connectivity index (χ0v) is 8.16. The van der Waals surface area contributed by atoms with E-state index in [4.69, 9.17) is 11.6 Å². The zero-order chi connectivity index (χ0) is 10.6. The quantitative estimate of drug-likeness (QED) is 0.355. The summed E-state index contributed by atoms with van der Waals surface area (Å²) in [5.74, 6) is 4.64. The molecule has 0 radical (unpaired) electrons. The van der Waals surface area contributed by atoms with Gasteiger partial charge in [-0.05, 0) is 18.9 Å². The standard InChI is InChI=1S/C10H15N3O/c1-7-3-2-4-8(5-7)6-9(11)10(14)13-12/h2-5,9H,6,11-12H2,1H3,(H,13,14). The van der Waals surface area contributed by atoms with Gasteiger partial charge in [0.25, 0.3) is 5.91 Å². The van der Waals surface area contributed by atoms with E-state index < -0.39 is 6.04 Å². The van der Waals surface area contributed by atoms with Crippen molar-refractivity contribution >= 4 is 5.91 Å². The second kappa shape index (κ2) is 4.74. The molecule has 0 aliphatic heterocycles. The molecule has 1 aromatic rings. The van der Waals surface area contributed by atoms with Crippen LogP contribution in [0.5, 0.6) is 0 Å². The van der Waals surface area contributed by atoms with E-state index in [0.717, 1.165) is 11.1 Å². The van der Waals surface area contributed by atoms with Crippen LogP contribution in [0.15, 0.2) is 24.3 Å². The summed E-state index contributed by atoms with van der Waals surface area (Å²) in [5.41, 5.74) is 9.85. The summed E-state index contributed by atoms with van der Waals surface area (Å²) in [5, 5.41) is 0. The number of hydrazine groups is 1. The third-order valence-electron chi connectivity index (χ3n) is 2.02. The molecule has 0 aromatic heterocycles. The number of rotatable bonds is 3. The Hall–Kier alpha value is -1.39. The van der Waals surface area contributed by atoms with Crippen molar-refractivity contribution in [1.82, 2.24) is 5.43 Å². The lowest BCUT2D eigenvalue weighted by molar-refractivity contribution is -0.122. The van der Waals surface area contributed by atoms with Gasteiger partial charge in [-0.15, -0.1) is 0 Å². The van der Waals surface area contributed by atoms with Crippen LogP contribution in [0.1, 0.15) is 11.1 Å². The molecule has 1 amide bonds. The zero-order valence-electron chi connectivity index (χ0n) is 8.16. The first-order chi connectivity index (χ1) is 6.63. The Kier molecular flexibility index (Phi) is 3.62. The SMILES string of the molecule is Cc1cccc(CC(N)C(=O)NN)c1. The number of nitrogens with one attached hydrogen (secondary N) is 1. The predicted molar refractivity (Wildman–Crippen MR) is 55.2 cm³/mol. The molecule has 0 saturated heterocycles. The first kappa shape index (κ1) is 10.7. The van der Waals surface area contributed by atoms with E-state index in [1.54, 1.807) is 0 Å². The van der Waals surface area contributed by atoms with Crippen LogP contribution in [0.25, 0.3) is 0 Å². The van der Waals surface area contributed by atoms with Crippen LogP contribution >= 0.6 is 0 Å². The lowest BCUT2D eigenvalue weighted by atomic mass is 10.0. The second-order valence-corrected chi connectivity index (χ2v) is 3.31. The van der Waals surface area contributed by atoms with Gasteiger partial charge in [0, 0.05) is 0 Å². The van der Waals surface area contributed by atoms with Gasteiger partial charge in [0.05, 0.1) is 6.04 Å². The fraction of sp³-hybridized carbons (Fsp3) is 0.300. The minimum absolute atomic E-state index is 0.341. The number of hydrogen-bond donors (Lipinski definition) is 3. The van der Waals surface area contributed by atoms with Gasteiger partial charge in [-0.1, -0.05) is 29.8 Å². The minimum atomic E-state index is -0.582. The van der Waals surface area contributed by atoms with Crippen molar-refractivity contribution in [2.75, 3.05) is 0 Å².